The molecule has 1 fully saturated rings. The first-order valence-corrected chi connectivity index (χ1v) is 6.18. The summed E-state index contributed by atoms with van der Waals surface area (Å²) in [4.78, 5) is 0. The molecule has 0 aromatic rings. The molecule has 0 aromatic carbocycles. The SMILES string of the molecule is C.CCC1(CCC(C)C)CCCCC1. The fraction of sp³-hybridized carbons (Fsp3) is 1.00. The van der Waals surface area contributed by atoms with Gasteiger partial charge >= 0.3 is 0 Å². The summed E-state index contributed by atoms with van der Waals surface area (Å²) >= 11 is 0. The third kappa shape index (κ3) is 4.02. The predicted octanol–water partition coefficient (Wildman–Crippen LogP) is 5.42. The fourth-order valence-electron chi connectivity index (χ4n) is 2.68. The van der Waals surface area contributed by atoms with Gasteiger partial charge in [0.25, 0.3) is 0 Å². The molecule has 0 aliphatic heterocycles. The Balaban J connectivity index is 0.00000169. The standard InChI is InChI=1S/C13H26.CH4/c1-4-13(11-8-12(2)3)9-6-5-7-10-13;/h12H,4-11H2,1-3H3;1H4. The normalized spacial score (nSPS) is 20.6. The number of hydrogen-bond acceptors (Lipinski definition) is 0. The van der Waals surface area contributed by atoms with Gasteiger partial charge in [-0.15, -0.1) is 0 Å². The number of rotatable bonds is 4. The number of hydrogen-bond donors (Lipinski definition) is 0. The Labute approximate surface area is 91.5 Å². The summed E-state index contributed by atoms with van der Waals surface area (Å²) in [5.41, 5.74) is 0.752. The van der Waals surface area contributed by atoms with E-state index in [0.29, 0.717) is 0 Å². The Hall–Kier alpha value is 0. The van der Waals surface area contributed by atoms with Gasteiger partial charge in [0.2, 0.25) is 0 Å². The molecule has 14 heavy (non-hydrogen) atoms. The van der Waals surface area contributed by atoms with Crippen molar-refractivity contribution in [1.29, 1.82) is 0 Å². The molecule has 0 atom stereocenters. The molecule has 86 valence electrons. The summed E-state index contributed by atoms with van der Waals surface area (Å²) in [7, 11) is 0. The van der Waals surface area contributed by atoms with E-state index in [4.69, 9.17) is 0 Å². The lowest BCUT2D eigenvalue weighted by Gasteiger charge is -2.37. The van der Waals surface area contributed by atoms with E-state index in [1.54, 1.807) is 0 Å². The first kappa shape index (κ1) is 14.0. The third-order valence-electron chi connectivity index (χ3n) is 3.92. The van der Waals surface area contributed by atoms with Crippen molar-refractivity contribution in [2.75, 3.05) is 0 Å². The lowest BCUT2D eigenvalue weighted by atomic mass is 9.69. The Morgan fingerprint density at radius 1 is 1.07 bits per heavy atom. The van der Waals surface area contributed by atoms with Crippen LogP contribution in [0.1, 0.15) is 79.6 Å². The Kier molecular flexibility index (Phi) is 6.48. The van der Waals surface area contributed by atoms with E-state index in [2.05, 4.69) is 20.8 Å². The summed E-state index contributed by atoms with van der Waals surface area (Å²) in [5.74, 6) is 0.894. The van der Waals surface area contributed by atoms with Crippen LogP contribution in [0, 0.1) is 11.3 Å². The predicted molar refractivity (Wildman–Crippen MR) is 66.6 cm³/mol. The molecule has 0 heteroatoms. The van der Waals surface area contributed by atoms with Gasteiger partial charge in [-0.25, -0.2) is 0 Å². The highest BCUT2D eigenvalue weighted by atomic mass is 14.3. The van der Waals surface area contributed by atoms with Crippen LogP contribution in [0.5, 0.6) is 0 Å². The molecule has 0 aromatic heterocycles. The van der Waals surface area contributed by atoms with E-state index in [1.807, 2.05) is 0 Å². The van der Waals surface area contributed by atoms with Crippen molar-refractivity contribution in [3.8, 4) is 0 Å². The molecule has 0 saturated heterocycles. The van der Waals surface area contributed by atoms with Crippen LogP contribution >= 0.6 is 0 Å². The maximum atomic E-state index is 2.39. The molecular formula is C14H30. The van der Waals surface area contributed by atoms with Crippen molar-refractivity contribution >= 4 is 0 Å². The molecule has 0 N–H and O–H groups in total. The van der Waals surface area contributed by atoms with Gasteiger partial charge in [0.05, 0.1) is 0 Å². The maximum absolute atomic E-state index is 2.39. The van der Waals surface area contributed by atoms with Crippen molar-refractivity contribution in [1.82, 2.24) is 0 Å². The van der Waals surface area contributed by atoms with Crippen LogP contribution < -0.4 is 0 Å². The molecule has 1 saturated carbocycles. The van der Waals surface area contributed by atoms with E-state index in [-0.39, 0.29) is 7.43 Å². The zero-order chi connectivity index (χ0) is 9.73. The van der Waals surface area contributed by atoms with Crippen molar-refractivity contribution in [3.05, 3.63) is 0 Å². The Morgan fingerprint density at radius 2 is 1.64 bits per heavy atom. The van der Waals surface area contributed by atoms with Gasteiger partial charge in [-0.2, -0.15) is 0 Å². The second kappa shape index (κ2) is 6.48. The summed E-state index contributed by atoms with van der Waals surface area (Å²) < 4.78 is 0. The lowest BCUT2D eigenvalue weighted by molar-refractivity contribution is 0.154. The van der Waals surface area contributed by atoms with Crippen LogP contribution in [-0.2, 0) is 0 Å². The molecule has 0 bridgehead atoms. The molecule has 0 unspecified atom stereocenters. The zero-order valence-electron chi connectivity index (χ0n) is 9.73. The van der Waals surface area contributed by atoms with Gasteiger partial charge in [-0.1, -0.05) is 60.3 Å². The van der Waals surface area contributed by atoms with Gasteiger partial charge in [0.15, 0.2) is 0 Å². The summed E-state index contributed by atoms with van der Waals surface area (Å²) in [6.45, 7) is 7.10. The van der Waals surface area contributed by atoms with Crippen molar-refractivity contribution in [2.45, 2.75) is 79.6 Å². The third-order valence-corrected chi connectivity index (χ3v) is 3.92. The van der Waals surface area contributed by atoms with Crippen LogP contribution in [0.15, 0.2) is 0 Å². The Bertz CT molecular complexity index is 129. The first-order chi connectivity index (χ1) is 6.18. The van der Waals surface area contributed by atoms with Crippen molar-refractivity contribution in [3.63, 3.8) is 0 Å². The molecule has 0 radical (unpaired) electrons. The molecular weight excluding hydrogens is 168 g/mol. The zero-order valence-corrected chi connectivity index (χ0v) is 9.73. The van der Waals surface area contributed by atoms with Crippen LogP contribution in [-0.4, -0.2) is 0 Å². The minimum Gasteiger partial charge on any atom is -0.0776 e. The van der Waals surface area contributed by atoms with Crippen LogP contribution in [0.3, 0.4) is 0 Å². The Morgan fingerprint density at radius 3 is 2.07 bits per heavy atom. The van der Waals surface area contributed by atoms with E-state index in [9.17, 15) is 0 Å². The largest absolute Gasteiger partial charge is 0.0776 e. The van der Waals surface area contributed by atoms with Crippen molar-refractivity contribution < 1.29 is 0 Å². The topological polar surface area (TPSA) is 0 Å². The van der Waals surface area contributed by atoms with E-state index in [0.717, 1.165) is 11.3 Å². The molecule has 0 spiro atoms. The highest BCUT2D eigenvalue weighted by molar-refractivity contribution is 4.81. The van der Waals surface area contributed by atoms with Gasteiger partial charge in [0.1, 0.15) is 0 Å². The van der Waals surface area contributed by atoms with Gasteiger partial charge in [0, 0.05) is 0 Å². The quantitative estimate of drug-likeness (QED) is 0.566. The van der Waals surface area contributed by atoms with Gasteiger partial charge in [-0.3, -0.25) is 0 Å². The molecule has 1 aliphatic rings. The first-order valence-electron chi connectivity index (χ1n) is 6.18. The minimum atomic E-state index is 0. The molecule has 0 heterocycles. The molecule has 0 nitrogen and oxygen atoms in total. The average molecular weight is 198 g/mol. The van der Waals surface area contributed by atoms with Crippen LogP contribution in [0.4, 0.5) is 0 Å². The maximum Gasteiger partial charge on any atom is -0.0300 e. The van der Waals surface area contributed by atoms with Crippen LogP contribution in [0.2, 0.25) is 0 Å². The molecule has 0 amide bonds. The summed E-state index contributed by atoms with van der Waals surface area (Å²) in [6.07, 6.45) is 11.8. The minimum absolute atomic E-state index is 0. The average Bonchev–Trinajstić information content (AvgIpc) is 2.16. The van der Waals surface area contributed by atoms with E-state index >= 15 is 0 Å². The molecule has 1 rings (SSSR count). The fourth-order valence-corrected chi connectivity index (χ4v) is 2.68. The monoisotopic (exact) mass is 198 g/mol. The summed E-state index contributed by atoms with van der Waals surface area (Å²) in [5, 5.41) is 0. The lowest BCUT2D eigenvalue weighted by Crippen LogP contribution is -2.23. The highest BCUT2D eigenvalue weighted by Crippen LogP contribution is 2.43. The van der Waals surface area contributed by atoms with Gasteiger partial charge in [-0.05, 0) is 30.6 Å². The van der Waals surface area contributed by atoms with Crippen molar-refractivity contribution in [2.24, 2.45) is 11.3 Å². The van der Waals surface area contributed by atoms with E-state index in [1.165, 1.54) is 51.4 Å². The van der Waals surface area contributed by atoms with E-state index < -0.39 is 0 Å². The van der Waals surface area contributed by atoms with Crippen LogP contribution in [0.25, 0.3) is 0 Å². The summed E-state index contributed by atoms with van der Waals surface area (Å²) in [6, 6.07) is 0. The second-order valence-electron chi connectivity index (χ2n) is 5.35. The van der Waals surface area contributed by atoms with Gasteiger partial charge < -0.3 is 0 Å². The smallest absolute Gasteiger partial charge is 0.0300 e. The highest BCUT2D eigenvalue weighted by Gasteiger charge is 2.29. The second-order valence-corrected chi connectivity index (χ2v) is 5.35. The molecule has 1 aliphatic carbocycles.